The number of hydrogen-bond acceptors (Lipinski definition) is 4. The van der Waals surface area contributed by atoms with Gasteiger partial charge in [0, 0.05) is 32.7 Å². The minimum absolute atomic E-state index is 0.430. The van der Waals surface area contributed by atoms with E-state index in [0.717, 1.165) is 6.54 Å². The molecule has 0 spiro atoms. The van der Waals surface area contributed by atoms with Gasteiger partial charge in [0.15, 0.2) is 5.96 Å². The molecule has 0 aliphatic carbocycles. The molecule has 3 N–H and O–H groups in total. The van der Waals surface area contributed by atoms with Crippen molar-refractivity contribution in [1.29, 1.82) is 0 Å². The van der Waals surface area contributed by atoms with Gasteiger partial charge >= 0.3 is 6.09 Å². The van der Waals surface area contributed by atoms with E-state index in [0.29, 0.717) is 25.1 Å². The van der Waals surface area contributed by atoms with Crippen molar-refractivity contribution in [3.05, 3.63) is 35.4 Å². The summed E-state index contributed by atoms with van der Waals surface area (Å²) in [5.41, 5.74) is 1.50. The fourth-order valence-corrected chi connectivity index (χ4v) is 2.66. The summed E-state index contributed by atoms with van der Waals surface area (Å²) in [4.78, 5) is 18.7. The van der Waals surface area contributed by atoms with Gasteiger partial charge < -0.3 is 20.7 Å². The predicted octanol–water partition coefficient (Wildman–Crippen LogP) is 3.50. The average molecular weight is 420 g/mol. The van der Waals surface area contributed by atoms with Gasteiger partial charge in [-0.2, -0.15) is 0 Å². The highest BCUT2D eigenvalue weighted by Gasteiger charge is 2.24. The van der Waals surface area contributed by atoms with Crippen LogP contribution in [0.15, 0.2) is 29.3 Å². The van der Waals surface area contributed by atoms with E-state index in [2.05, 4.69) is 71.0 Å². The van der Waals surface area contributed by atoms with E-state index in [1.54, 1.807) is 7.05 Å². The fourth-order valence-electron chi connectivity index (χ4n) is 2.66. The Labute approximate surface area is 182 Å². The number of amides is 1. The van der Waals surface area contributed by atoms with Crippen molar-refractivity contribution < 1.29 is 9.53 Å². The maximum Gasteiger partial charge on any atom is 0.408 e. The number of alkyl carbamates (subject to hydrolysis) is 1. The van der Waals surface area contributed by atoms with Crippen LogP contribution in [0, 0.1) is 0 Å². The molecule has 1 aromatic carbocycles. The normalized spacial score (nSPS) is 12.8. The molecule has 30 heavy (non-hydrogen) atoms. The lowest BCUT2D eigenvalue weighted by Gasteiger charge is -2.29. The first kappa shape index (κ1) is 25.8. The summed E-state index contributed by atoms with van der Waals surface area (Å²) in [5.74, 6) is 0.682. The average Bonchev–Trinajstić information content (AvgIpc) is 2.60. The summed E-state index contributed by atoms with van der Waals surface area (Å²) >= 11 is 0. The molecule has 0 unspecified atom stereocenters. The van der Waals surface area contributed by atoms with E-state index >= 15 is 0 Å². The van der Waals surface area contributed by atoms with Gasteiger partial charge in [0.25, 0.3) is 0 Å². The number of nitrogens with one attached hydrogen (secondary N) is 3. The molecule has 0 aliphatic heterocycles. The van der Waals surface area contributed by atoms with Crippen molar-refractivity contribution in [3.63, 3.8) is 0 Å². The standard InChI is InChI=1S/C23H41N5O2/c1-17(2)28(9)15-19-13-11-10-12-18(19)14-25-20(24-8)26-16-23(6,7)27-21(29)30-22(3,4)5/h10-13,17H,14-16H2,1-9H3,(H,27,29)(H2,24,25,26). The van der Waals surface area contributed by atoms with Crippen LogP contribution in [0.25, 0.3) is 0 Å². The van der Waals surface area contributed by atoms with Crippen molar-refractivity contribution in [1.82, 2.24) is 20.9 Å². The summed E-state index contributed by atoms with van der Waals surface area (Å²) in [6.45, 7) is 15.9. The number of rotatable bonds is 8. The molecule has 0 aromatic heterocycles. The van der Waals surface area contributed by atoms with Crippen LogP contribution in [-0.2, 0) is 17.8 Å². The van der Waals surface area contributed by atoms with Gasteiger partial charge in [0.05, 0.1) is 5.54 Å². The highest BCUT2D eigenvalue weighted by Crippen LogP contribution is 2.13. The first-order chi connectivity index (χ1) is 13.8. The van der Waals surface area contributed by atoms with Crippen LogP contribution < -0.4 is 16.0 Å². The fraction of sp³-hybridized carbons (Fsp3) is 0.652. The summed E-state index contributed by atoms with van der Waals surface area (Å²) in [7, 11) is 3.87. The van der Waals surface area contributed by atoms with E-state index in [-0.39, 0.29) is 0 Å². The molecule has 0 bridgehead atoms. The number of carbonyl (C=O) groups excluding carboxylic acids is 1. The second kappa shape index (κ2) is 11.2. The van der Waals surface area contributed by atoms with E-state index in [1.807, 2.05) is 34.6 Å². The maximum absolute atomic E-state index is 12.1. The van der Waals surface area contributed by atoms with Crippen molar-refractivity contribution >= 4 is 12.1 Å². The van der Waals surface area contributed by atoms with Crippen molar-refractivity contribution in [3.8, 4) is 0 Å². The second-order valence-electron chi connectivity index (χ2n) is 9.57. The zero-order valence-electron chi connectivity index (χ0n) is 20.2. The lowest BCUT2D eigenvalue weighted by Crippen LogP contribution is -2.54. The van der Waals surface area contributed by atoms with Gasteiger partial charge in [-0.3, -0.25) is 9.89 Å². The Morgan fingerprint density at radius 2 is 1.70 bits per heavy atom. The van der Waals surface area contributed by atoms with Crippen LogP contribution in [0.4, 0.5) is 4.79 Å². The zero-order chi connectivity index (χ0) is 22.9. The molecule has 0 fully saturated rings. The maximum atomic E-state index is 12.1. The van der Waals surface area contributed by atoms with Crippen LogP contribution in [0.3, 0.4) is 0 Å². The van der Waals surface area contributed by atoms with Crippen molar-refractivity contribution in [2.24, 2.45) is 4.99 Å². The Kier molecular flexibility index (Phi) is 9.62. The number of aliphatic imine (C=N–C) groups is 1. The van der Waals surface area contributed by atoms with Crippen LogP contribution in [0.2, 0.25) is 0 Å². The molecule has 1 amide bonds. The van der Waals surface area contributed by atoms with E-state index in [4.69, 9.17) is 4.74 Å². The summed E-state index contributed by atoms with van der Waals surface area (Å²) in [6.07, 6.45) is -0.430. The highest BCUT2D eigenvalue weighted by atomic mass is 16.6. The molecular weight excluding hydrogens is 378 g/mol. The number of nitrogens with zero attached hydrogens (tertiary/aromatic N) is 2. The molecule has 0 aliphatic rings. The second-order valence-corrected chi connectivity index (χ2v) is 9.57. The molecule has 0 heterocycles. The van der Waals surface area contributed by atoms with E-state index in [9.17, 15) is 4.79 Å². The van der Waals surface area contributed by atoms with Gasteiger partial charge in [-0.05, 0) is 66.6 Å². The summed E-state index contributed by atoms with van der Waals surface area (Å²) in [6, 6.07) is 8.92. The highest BCUT2D eigenvalue weighted by molar-refractivity contribution is 5.79. The van der Waals surface area contributed by atoms with E-state index < -0.39 is 17.2 Å². The number of benzene rings is 1. The van der Waals surface area contributed by atoms with Gasteiger partial charge in [0.1, 0.15) is 5.60 Å². The largest absolute Gasteiger partial charge is 0.444 e. The van der Waals surface area contributed by atoms with Gasteiger partial charge in [-0.25, -0.2) is 4.79 Å². The first-order valence-corrected chi connectivity index (χ1v) is 10.6. The number of ether oxygens (including phenoxy) is 1. The SMILES string of the molecule is CN=C(NCc1ccccc1CN(C)C(C)C)NCC(C)(C)NC(=O)OC(C)(C)C. The zero-order valence-corrected chi connectivity index (χ0v) is 20.2. The molecule has 0 saturated carbocycles. The molecule has 0 radical (unpaired) electrons. The molecule has 1 aromatic rings. The van der Waals surface area contributed by atoms with Crippen molar-refractivity contribution in [2.45, 2.75) is 78.7 Å². The molecule has 7 heteroatoms. The minimum Gasteiger partial charge on any atom is -0.444 e. The minimum atomic E-state index is -0.526. The van der Waals surface area contributed by atoms with Crippen molar-refractivity contribution in [2.75, 3.05) is 20.6 Å². The third kappa shape index (κ3) is 9.96. The quantitative estimate of drug-likeness (QED) is 0.444. The summed E-state index contributed by atoms with van der Waals surface area (Å²) < 4.78 is 5.35. The van der Waals surface area contributed by atoms with Crippen LogP contribution >= 0.6 is 0 Å². The smallest absolute Gasteiger partial charge is 0.408 e. The lowest BCUT2D eigenvalue weighted by atomic mass is 10.1. The lowest BCUT2D eigenvalue weighted by molar-refractivity contribution is 0.0474. The third-order valence-electron chi connectivity index (χ3n) is 4.63. The molecule has 0 atom stereocenters. The summed E-state index contributed by atoms with van der Waals surface area (Å²) in [5, 5.41) is 9.55. The third-order valence-corrected chi connectivity index (χ3v) is 4.63. The Bertz CT molecular complexity index is 708. The van der Waals surface area contributed by atoms with Crippen LogP contribution in [0.5, 0.6) is 0 Å². The van der Waals surface area contributed by atoms with E-state index in [1.165, 1.54) is 11.1 Å². The first-order valence-electron chi connectivity index (χ1n) is 10.6. The molecule has 1 rings (SSSR count). The number of hydrogen-bond donors (Lipinski definition) is 3. The Hall–Kier alpha value is -2.28. The predicted molar refractivity (Wildman–Crippen MR) is 125 cm³/mol. The number of carbonyl (C=O) groups is 1. The molecule has 7 nitrogen and oxygen atoms in total. The van der Waals surface area contributed by atoms with Gasteiger partial charge in [0.2, 0.25) is 0 Å². The molecular formula is C23H41N5O2. The Balaban J connectivity index is 2.63. The number of guanidine groups is 1. The Morgan fingerprint density at radius 1 is 1.10 bits per heavy atom. The van der Waals surface area contributed by atoms with Crippen LogP contribution in [0.1, 0.15) is 59.6 Å². The Morgan fingerprint density at radius 3 is 2.23 bits per heavy atom. The topological polar surface area (TPSA) is 78.0 Å². The van der Waals surface area contributed by atoms with Gasteiger partial charge in [-0.15, -0.1) is 0 Å². The van der Waals surface area contributed by atoms with Crippen LogP contribution in [-0.4, -0.2) is 54.8 Å². The molecule has 0 saturated heterocycles. The van der Waals surface area contributed by atoms with Gasteiger partial charge in [-0.1, -0.05) is 24.3 Å². The molecule has 170 valence electrons. The monoisotopic (exact) mass is 419 g/mol.